The quantitative estimate of drug-likeness (QED) is 0.475. The number of hydrogen-bond acceptors (Lipinski definition) is 3. The van der Waals surface area contributed by atoms with Crippen LogP contribution >= 0.6 is 15.9 Å². The van der Waals surface area contributed by atoms with Crippen LogP contribution in [0.2, 0.25) is 0 Å². The molecule has 0 saturated heterocycles. The first-order chi connectivity index (χ1) is 6.63. The summed E-state index contributed by atoms with van der Waals surface area (Å²) >= 11 is 3.35. The number of aryl methyl sites for hydroxylation is 1. The van der Waals surface area contributed by atoms with Gasteiger partial charge in [-0.2, -0.15) is 0 Å². The van der Waals surface area contributed by atoms with Gasteiger partial charge in [0.25, 0.3) is 0 Å². The lowest BCUT2D eigenvalue weighted by Gasteiger charge is -2.06. The van der Waals surface area contributed by atoms with Crippen LogP contribution in [0.5, 0.6) is 5.75 Å². The Morgan fingerprint density at radius 3 is 2.71 bits per heavy atom. The van der Waals surface area contributed by atoms with Crippen LogP contribution in [0.1, 0.15) is 18.1 Å². The van der Waals surface area contributed by atoms with E-state index < -0.39 is 5.97 Å². The van der Waals surface area contributed by atoms with Gasteiger partial charge in [-0.3, -0.25) is 9.78 Å². The van der Waals surface area contributed by atoms with E-state index in [4.69, 9.17) is 4.89 Å². The van der Waals surface area contributed by atoms with Gasteiger partial charge in [-0.05, 0) is 24.1 Å². The van der Waals surface area contributed by atoms with E-state index in [0.29, 0.717) is 5.75 Å². The molecule has 76 valence electrons. The summed E-state index contributed by atoms with van der Waals surface area (Å²) in [5, 5.41) is 0.793. The molecule has 0 radical (unpaired) electrons. The van der Waals surface area contributed by atoms with Crippen LogP contribution in [0.25, 0.3) is 0 Å². The first-order valence-electron chi connectivity index (χ1n) is 4.14. The second kappa shape index (κ2) is 5.00. The summed E-state index contributed by atoms with van der Waals surface area (Å²) in [6.45, 7) is 3.19. The van der Waals surface area contributed by atoms with E-state index >= 15 is 0 Å². The Morgan fingerprint density at radius 2 is 2.21 bits per heavy atom. The monoisotopic (exact) mass is 258 g/mol. The molecule has 0 saturated carbocycles. The van der Waals surface area contributed by atoms with Gasteiger partial charge in [0.05, 0.1) is 0 Å². The topological polar surface area (TPSA) is 35.5 Å². The minimum Gasteiger partial charge on any atom is -0.287 e. The van der Waals surface area contributed by atoms with Crippen molar-refractivity contribution >= 4 is 21.9 Å². The van der Waals surface area contributed by atoms with Crippen LogP contribution in [0.4, 0.5) is 0 Å². The smallest absolute Gasteiger partial charge is 0.287 e. The Balaban J connectivity index is 2.73. The third-order valence-electron chi connectivity index (χ3n) is 1.64. The normalized spacial score (nSPS) is 9.64. The number of hydrogen-bond donors (Lipinski definition) is 0. The fourth-order valence-corrected chi connectivity index (χ4v) is 1.34. The van der Waals surface area contributed by atoms with E-state index in [1.54, 1.807) is 6.07 Å². The van der Waals surface area contributed by atoms with Gasteiger partial charge in [0.15, 0.2) is 5.75 Å². The van der Waals surface area contributed by atoms with Crippen LogP contribution in [-0.4, -0.2) is 5.97 Å². The molecular formula is C10H11BrO3. The Labute approximate surface area is 91.1 Å². The van der Waals surface area contributed by atoms with Crippen molar-refractivity contribution in [3.05, 3.63) is 29.3 Å². The maximum atomic E-state index is 10.5. The zero-order valence-corrected chi connectivity index (χ0v) is 9.63. The lowest BCUT2D eigenvalue weighted by atomic mass is 10.1. The number of rotatable bonds is 3. The van der Waals surface area contributed by atoms with Gasteiger partial charge >= 0.3 is 5.97 Å². The number of alkyl halides is 1. The van der Waals surface area contributed by atoms with Crippen molar-refractivity contribution in [1.82, 2.24) is 0 Å². The highest BCUT2D eigenvalue weighted by Gasteiger charge is 2.03. The van der Waals surface area contributed by atoms with E-state index in [-0.39, 0.29) is 0 Å². The lowest BCUT2D eigenvalue weighted by Crippen LogP contribution is -2.03. The molecule has 0 aliphatic heterocycles. The predicted molar refractivity (Wildman–Crippen MR) is 56.2 cm³/mol. The van der Waals surface area contributed by atoms with Crippen LogP contribution in [0.15, 0.2) is 18.2 Å². The highest BCUT2D eigenvalue weighted by Crippen LogP contribution is 2.20. The highest BCUT2D eigenvalue weighted by molar-refractivity contribution is 9.08. The highest BCUT2D eigenvalue weighted by atomic mass is 79.9. The Kier molecular flexibility index (Phi) is 3.95. The fraction of sp³-hybridized carbons (Fsp3) is 0.300. The van der Waals surface area contributed by atoms with E-state index in [2.05, 4.69) is 20.8 Å². The van der Waals surface area contributed by atoms with Crippen LogP contribution in [0.3, 0.4) is 0 Å². The lowest BCUT2D eigenvalue weighted by molar-refractivity contribution is -0.211. The number of carbonyl (C=O) groups excluding carboxylic acids is 1. The molecule has 0 heterocycles. The largest absolute Gasteiger partial charge is 0.352 e. The molecule has 0 atom stereocenters. The molecular weight excluding hydrogens is 248 g/mol. The molecule has 1 aromatic rings. The second-order valence-corrected chi connectivity index (χ2v) is 3.45. The molecule has 3 nitrogen and oxygen atoms in total. The molecule has 0 amide bonds. The summed E-state index contributed by atoms with van der Waals surface area (Å²) in [7, 11) is 0. The van der Waals surface area contributed by atoms with Gasteiger partial charge in [-0.1, -0.05) is 28.1 Å². The van der Waals surface area contributed by atoms with Crippen molar-refractivity contribution in [3.63, 3.8) is 0 Å². The van der Waals surface area contributed by atoms with Gasteiger partial charge < -0.3 is 0 Å². The number of benzene rings is 1. The molecule has 0 bridgehead atoms. The number of halogens is 1. The first-order valence-corrected chi connectivity index (χ1v) is 5.26. The third kappa shape index (κ3) is 3.03. The minimum absolute atomic E-state index is 0.464. The molecule has 0 aromatic heterocycles. The Hall–Kier alpha value is -1.03. The van der Waals surface area contributed by atoms with E-state index in [0.717, 1.165) is 16.5 Å². The van der Waals surface area contributed by atoms with Crippen molar-refractivity contribution in [2.24, 2.45) is 0 Å². The SMILES string of the molecule is CC(=O)OOc1ccc(CBr)cc1C. The zero-order valence-electron chi connectivity index (χ0n) is 8.04. The average molecular weight is 259 g/mol. The Morgan fingerprint density at radius 1 is 1.50 bits per heavy atom. The summed E-state index contributed by atoms with van der Waals surface area (Å²) in [6.07, 6.45) is 0. The maximum absolute atomic E-state index is 10.5. The van der Waals surface area contributed by atoms with Crippen molar-refractivity contribution in [2.45, 2.75) is 19.2 Å². The molecule has 0 unspecified atom stereocenters. The predicted octanol–water partition coefficient (Wildman–Crippen LogP) is 2.75. The molecule has 0 aliphatic carbocycles. The molecule has 0 aliphatic rings. The minimum atomic E-state index is -0.464. The second-order valence-electron chi connectivity index (χ2n) is 2.89. The van der Waals surface area contributed by atoms with Gasteiger partial charge in [-0.25, -0.2) is 4.79 Å². The van der Waals surface area contributed by atoms with Gasteiger partial charge in [0, 0.05) is 12.3 Å². The summed E-state index contributed by atoms with van der Waals surface area (Å²) in [5.41, 5.74) is 2.08. The van der Waals surface area contributed by atoms with Gasteiger partial charge in [-0.15, -0.1) is 0 Å². The standard InChI is InChI=1S/C10H11BrO3/c1-7-5-9(6-11)3-4-10(7)14-13-8(2)12/h3-5H,6H2,1-2H3. The molecule has 1 aromatic carbocycles. The molecule has 0 N–H and O–H groups in total. The molecule has 14 heavy (non-hydrogen) atoms. The molecule has 0 fully saturated rings. The van der Waals surface area contributed by atoms with Gasteiger partial charge in [0.2, 0.25) is 0 Å². The summed E-state index contributed by atoms with van der Waals surface area (Å²) < 4.78 is 0. The molecule has 0 spiro atoms. The fourth-order valence-electron chi connectivity index (χ4n) is 0.992. The van der Waals surface area contributed by atoms with Crippen LogP contribution in [-0.2, 0) is 15.0 Å². The van der Waals surface area contributed by atoms with Crippen molar-refractivity contribution in [3.8, 4) is 5.75 Å². The van der Waals surface area contributed by atoms with Crippen molar-refractivity contribution in [1.29, 1.82) is 0 Å². The van der Waals surface area contributed by atoms with E-state index in [9.17, 15) is 4.79 Å². The first kappa shape index (κ1) is 11.0. The van der Waals surface area contributed by atoms with Crippen LogP contribution < -0.4 is 4.89 Å². The van der Waals surface area contributed by atoms with Crippen molar-refractivity contribution < 1.29 is 14.6 Å². The van der Waals surface area contributed by atoms with Gasteiger partial charge in [0.1, 0.15) is 0 Å². The van der Waals surface area contributed by atoms with Crippen molar-refractivity contribution in [2.75, 3.05) is 0 Å². The summed E-state index contributed by atoms with van der Waals surface area (Å²) in [4.78, 5) is 19.8. The molecule has 1 rings (SSSR count). The Bertz CT molecular complexity index is 336. The van der Waals surface area contributed by atoms with E-state index in [1.165, 1.54) is 6.92 Å². The van der Waals surface area contributed by atoms with Crippen LogP contribution in [0, 0.1) is 6.92 Å². The molecule has 4 heteroatoms. The summed E-state index contributed by atoms with van der Waals surface area (Å²) in [6, 6.07) is 5.64. The number of carbonyl (C=O) groups is 1. The van der Waals surface area contributed by atoms with E-state index in [1.807, 2.05) is 19.1 Å². The maximum Gasteiger partial charge on any atom is 0.352 e. The summed E-state index contributed by atoms with van der Waals surface area (Å²) in [5.74, 6) is 0.0962. The average Bonchev–Trinajstić information content (AvgIpc) is 2.15. The third-order valence-corrected chi connectivity index (χ3v) is 2.29. The zero-order chi connectivity index (χ0) is 10.6.